The Balaban J connectivity index is -0.0000000213. The third-order valence-corrected chi connectivity index (χ3v) is 0. The van der Waals surface area contributed by atoms with E-state index in [1.807, 2.05) is 81.1 Å². The molecule has 0 nitrogen and oxygen atoms in total. The fraction of sp³-hybridized carbons (Fsp3) is 0.667. The molecule has 1 heteroatoms. The zero-order valence-corrected chi connectivity index (χ0v) is 13.7. The van der Waals surface area contributed by atoms with Crippen LogP contribution in [0.5, 0.6) is 0 Å². The molecular formula is C12H28Y-4. The molecule has 0 rings (SSSR count). The Hall–Kier alpha value is 1.10. The molecule has 0 heterocycles. The average molecular weight is 261 g/mol. The first-order chi connectivity index (χ1) is 5.66. The summed E-state index contributed by atoms with van der Waals surface area (Å²) >= 11 is 0. The molecule has 0 amide bonds. The van der Waals surface area contributed by atoms with E-state index in [4.69, 9.17) is 0 Å². The van der Waals surface area contributed by atoms with Gasteiger partial charge in [-0.05, 0) is 0 Å². The number of hydrogen-bond donors (Lipinski definition) is 0. The van der Waals surface area contributed by atoms with E-state index in [2.05, 4.69) is 0 Å². The molecule has 1 radical (unpaired) electrons. The zero-order valence-electron chi connectivity index (χ0n) is 10.9. The fourth-order valence-electron chi connectivity index (χ4n) is 0. The summed E-state index contributed by atoms with van der Waals surface area (Å²) in [7, 11) is 0. The topological polar surface area (TPSA) is 0 Å². The predicted octanol–water partition coefficient (Wildman–Crippen LogP) is 4.92. The molecule has 0 fully saturated rings. The third kappa shape index (κ3) is 1330. The van der Waals surface area contributed by atoms with Gasteiger partial charge in [-0.25, -0.2) is 0 Å². The maximum absolute atomic E-state index is 2.00. The molecule has 0 aromatic carbocycles. The number of rotatable bonds is 0. The molecule has 0 aliphatic heterocycles. The molecule has 83 valence electrons. The summed E-state index contributed by atoms with van der Waals surface area (Å²) in [4.78, 5) is 0. The van der Waals surface area contributed by atoms with E-state index in [0.717, 1.165) is 0 Å². The van der Waals surface area contributed by atoms with Gasteiger partial charge in [-0.3, -0.25) is 0 Å². The summed E-state index contributed by atoms with van der Waals surface area (Å²) in [6.45, 7) is 16.0. The van der Waals surface area contributed by atoms with E-state index in [9.17, 15) is 0 Å². The van der Waals surface area contributed by atoms with Crippen molar-refractivity contribution in [2.45, 2.75) is 55.4 Å². The number of hydrogen-bond acceptors (Lipinski definition) is 0. The van der Waals surface area contributed by atoms with Crippen LogP contribution in [0.3, 0.4) is 0 Å². The van der Waals surface area contributed by atoms with Gasteiger partial charge in [-0.15, -0.1) is 0 Å². The third-order valence-electron chi connectivity index (χ3n) is 0. The van der Waals surface area contributed by atoms with Crippen LogP contribution < -0.4 is 0 Å². The van der Waals surface area contributed by atoms with Gasteiger partial charge in [0.05, 0.1) is 0 Å². The molecule has 0 aromatic rings. The van der Waals surface area contributed by atoms with Gasteiger partial charge in [-0.1, -0.05) is 0 Å². The van der Waals surface area contributed by atoms with Crippen LogP contribution >= 0.6 is 0 Å². The maximum Gasteiger partial charge on any atom is 0 e. The quantitative estimate of drug-likeness (QED) is 0.543. The van der Waals surface area contributed by atoms with Crippen molar-refractivity contribution in [1.82, 2.24) is 0 Å². The first-order valence-electron chi connectivity index (χ1n) is 4.62. The Labute approximate surface area is 113 Å². The second kappa shape index (κ2) is 73.7. The Morgan fingerprint density at radius 3 is 0.385 bits per heavy atom. The van der Waals surface area contributed by atoms with Crippen LogP contribution in [0.15, 0.2) is 0 Å². The molecule has 13 heavy (non-hydrogen) atoms. The minimum Gasteiger partial charge on any atom is -0.335 e. The van der Waals surface area contributed by atoms with Crippen LogP contribution in [0.1, 0.15) is 55.4 Å². The average Bonchev–Trinajstić information content (AvgIpc) is 1.92. The Morgan fingerprint density at radius 1 is 0.385 bits per heavy atom. The van der Waals surface area contributed by atoms with Crippen molar-refractivity contribution in [2.75, 3.05) is 0 Å². The van der Waals surface area contributed by atoms with E-state index in [1.54, 1.807) is 0 Å². The molecule has 0 aliphatic rings. The Bertz CT molecular complexity index is 13.1. The smallest absolute Gasteiger partial charge is 0 e. The molecule has 0 aromatic heterocycles. The molecule has 0 atom stereocenters. The van der Waals surface area contributed by atoms with Crippen molar-refractivity contribution in [3.8, 4) is 0 Å². The van der Waals surface area contributed by atoms with Gasteiger partial charge in [0.1, 0.15) is 0 Å². The Morgan fingerprint density at radius 2 is 0.385 bits per heavy atom. The minimum absolute atomic E-state index is 0. The molecule has 0 saturated carbocycles. The van der Waals surface area contributed by atoms with Crippen LogP contribution in [0.25, 0.3) is 0 Å². The van der Waals surface area contributed by atoms with Crippen molar-refractivity contribution in [1.29, 1.82) is 0 Å². The minimum atomic E-state index is 0. The molecule has 0 bridgehead atoms. The van der Waals surface area contributed by atoms with E-state index in [0.29, 0.717) is 0 Å². The van der Waals surface area contributed by atoms with Gasteiger partial charge in [0, 0.05) is 32.7 Å². The molecule has 0 spiro atoms. The summed E-state index contributed by atoms with van der Waals surface area (Å²) in [5.74, 6) is 0. The van der Waals surface area contributed by atoms with Crippen molar-refractivity contribution in [3.05, 3.63) is 25.7 Å². The summed E-state index contributed by atoms with van der Waals surface area (Å²) < 4.78 is 0. The zero-order chi connectivity index (χ0) is 10.8. The standard InChI is InChI=1S/4C3H7.Y/c4*1-3-2;/h4*3H,1-2H3;/q4*-1;. The predicted molar refractivity (Wildman–Crippen MR) is 62.6 cm³/mol. The SMILES string of the molecule is C[CH-]C.C[CH-]C.C[CH-]C.C[CH-]C.[Y]. The van der Waals surface area contributed by atoms with Gasteiger partial charge >= 0.3 is 0 Å². The first-order valence-corrected chi connectivity index (χ1v) is 4.62. The van der Waals surface area contributed by atoms with Crippen LogP contribution in [0, 0.1) is 25.7 Å². The second-order valence-electron chi connectivity index (χ2n) is 2.31. The van der Waals surface area contributed by atoms with E-state index in [-0.39, 0.29) is 32.7 Å². The van der Waals surface area contributed by atoms with Crippen LogP contribution in [0.4, 0.5) is 0 Å². The summed E-state index contributed by atoms with van der Waals surface area (Å²) in [5, 5.41) is 0. The van der Waals surface area contributed by atoms with Gasteiger partial charge < -0.3 is 25.7 Å². The van der Waals surface area contributed by atoms with Crippen molar-refractivity contribution < 1.29 is 32.7 Å². The van der Waals surface area contributed by atoms with Crippen LogP contribution in [0.2, 0.25) is 0 Å². The Kier molecular flexibility index (Phi) is 166. The van der Waals surface area contributed by atoms with Gasteiger partial charge in [-0.2, -0.15) is 55.4 Å². The van der Waals surface area contributed by atoms with Crippen LogP contribution in [-0.2, 0) is 32.7 Å². The molecular weight excluding hydrogens is 233 g/mol. The molecule has 0 unspecified atom stereocenters. The monoisotopic (exact) mass is 261 g/mol. The normalized spacial score (nSPS) is 5.54. The van der Waals surface area contributed by atoms with Crippen molar-refractivity contribution in [2.24, 2.45) is 0 Å². The van der Waals surface area contributed by atoms with Crippen LogP contribution in [-0.4, -0.2) is 0 Å². The molecule has 0 saturated heterocycles. The first kappa shape index (κ1) is 29.2. The fourth-order valence-corrected chi connectivity index (χ4v) is 0. The largest absolute Gasteiger partial charge is 0.335 e. The molecule has 0 aliphatic carbocycles. The summed E-state index contributed by atoms with van der Waals surface area (Å²) in [5.41, 5.74) is 0. The van der Waals surface area contributed by atoms with Gasteiger partial charge in [0.15, 0.2) is 0 Å². The van der Waals surface area contributed by atoms with Crippen molar-refractivity contribution in [3.63, 3.8) is 0 Å². The maximum atomic E-state index is 2.00. The van der Waals surface area contributed by atoms with E-state index in [1.165, 1.54) is 0 Å². The van der Waals surface area contributed by atoms with Gasteiger partial charge in [0.2, 0.25) is 0 Å². The second-order valence-corrected chi connectivity index (χ2v) is 2.31. The van der Waals surface area contributed by atoms with Gasteiger partial charge in [0.25, 0.3) is 0 Å². The molecule has 0 N–H and O–H groups in total. The van der Waals surface area contributed by atoms with E-state index < -0.39 is 0 Å². The summed E-state index contributed by atoms with van der Waals surface area (Å²) in [6.07, 6.45) is 8.00. The summed E-state index contributed by atoms with van der Waals surface area (Å²) in [6, 6.07) is 0. The van der Waals surface area contributed by atoms with E-state index >= 15 is 0 Å². The van der Waals surface area contributed by atoms with Crippen molar-refractivity contribution >= 4 is 0 Å².